The van der Waals surface area contributed by atoms with Crippen molar-refractivity contribution < 1.29 is 31.6 Å². The first-order valence-corrected chi connectivity index (χ1v) is 2.94. The van der Waals surface area contributed by atoms with Gasteiger partial charge in [-0.05, 0) is 0 Å². The van der Waals surface area contributed by atoms with E-state index in [2.05, 4.69) is 10.5 Å². The lowest BCUT2D eigenvalue weighted by Gasteiger charge is -2.33. The van der Waals surface area contributed by atoms with E-state index < -0.39 is 28.0 Å². The van der Waals surface area contributed by atoms with E-state index in [1.54, 1.807) is 0 Å². The van der Waals surface area contributed by atoms with Crippen molar-refractivity contribution in [2.45, 2.75) is 12.0 Å². The molecule has 0 aliphatic carbocycles. The first kappa shape index (κ1) is 13.4. The number of methoxy groups -OCH3 is 1. The fourth-order valence-corrected chi connectivity index (χ4v) is 0.621. The van der Waals surface area contributed by atoms with Crippen LogP contribution in [0.15, 0.2) is 0 Å². The van der Waals surface area contributed by atoms with Crippen LogP contribution in [0.25, 0.3) is 0 Å². The molecular weight excluding hydrogens is 222 g/mol. The van der Waals surface area contributed by atoms with Crippen LogP contribution in [0.4, 0.5) is 26.9 Å². The van der Waals surface area contributed by atoms with E-state index in [0.717, 1.165) is 0 Å². The monoisotopic (exact) mass is 228 g/mol. The largest absolute Gasteiger partial charge is 0.357 e. The van der Waals surface area contributed by atoms with E-state index in [1.807, 2.05) is 0 Å². The number of hydrogen-bond acceptors (Lipinski definition) is 5. The maximum atomic E-state index is 11.9. The highest BCUT2D eigenvalue weighted by molar-refractivity contribution is 4.76. The normalized spacial score (nSPS) is 15.6. The van der Waals surface area contributed by atoms with Crippen LogP contribution < -0.4 is 5.73 Å². The molecule has 0 rings (SSSR count). The van der Waals surface area contributed by atoms with Crippen LogP contribution in [0.5, 0.6) is 0 Å². The SMILES string of the molecule is COC(N(F)F)C(N)(N(F)F)N(F)F. The molecule has 14 heavy (non-hydrogen) atoms. The molecule has 0 heterocycles. The van der Waals surface area contributed by atoms with Gasteiger partial charge in [0.15, 0.2) is 0 Å². The Labute approximate surface area is 73.8 Å². The molecule has 11 heteroatoms. The topological polar surface area (TPSA) is 45.0 Å². The summed E-state index contributed by atoms with van der Waals surface area (Å²) in [6, 6.07) is 0. The van der Waals surface area contributed by atoms with Gasteiger partial charge in [0, 0.05) is 7.11 Å². The Balaban J connectivity index is 4.96. The molecule has 0 aromatic rings. The maximum absolute atomic E-state index is 11.9. The first-order valence-electron chi connectivity index (χ1n) is 2.94. The fraction of sp³-hybridized carbons (Fsp3) is 1.00. The van der Waals surface area contributed by atoms with Crippen LogP contribution in [-0.2, 0) is 4.74 Å². The van der Waals surface area contributed by atoms with Gasteiger partial charge in [0.2, 0.25) is 6.23 Å². The van der Waals surface area contributed by atoms with Crippen molar-refractivity contribution in [3.63, 3.8) is 0 Å². The smallest absolute Gasteiger partial charge is 0.289 e. The third-order valence-electron chi connectivity index (χ3n) is 1.31. The molecule has 5 nitrogen and oxygen atoms in total. The molecule has 86 valence electrons. The van der Waals surface area contributed by atoms with Crippen molar-refractivity contribution in [3.05, 3.63) is 0 Å². The van der Waals surface area contributed by atoms with Gasteiger partial charge in [0.05, 0.1) is 16.0 Å². The minimum Gasteiger partial charge on any atom is -0.357 e. The summed E-state index contributed by atoms with van der Waals surface area (Å²) in [6.07, 6.45) is -3.02. The lowest BCUT2D eigenvalue weighted by atomic mass is 10.3. The Bertz CT molecular complexity index is 170. The van der Waals surface area contributed by atoms with Gasteiger partial charge < -0.3 is 4.74 Å². The second-order valence-electron chi connectivity index (χ2n) is 2.10. The van der Waals surface area contributed by atoms with Crippen molar-refractivity contribution in [3.8, 4) is 0 Å². The number of rotatable bonds is 5. The van der Waals surface area contributed by atoms with Crippen LogP contribution in [0, 0.1) is 0 Å². The third kappa shape index (κ3) is 2.24. The zero-order chi connectivity index (χ0) is 11.5. The number of ether oxygens (including phenoxy) is 1. The van der Waals surface area contributed by atoms with Crippen LogP contribution >= 0.6 is 0 Å². The van der Waals surface area contributed by atoms with E-state index in [9.17, 15) is 26.9 Å². The maximum Gasteiger partial charge on any atom is 0.289 e. The Morgan fingerprint density at radius 3 is 1.50 bits per heavy atom. The quantitative estimate of drug-likeness (QED) is 0.428. The molecule has 0 amide bonds. The van der Waals surface area contributed by atoms with E-state index >= 15 is 0 Å². The van der Waals surface area contributed by atoms with Gasteiger partial charge in [-0.2, -0.15) is 0 Å². The van der Waals surface area contributed by atoms with Crippen LogP contribution in [0.3, 0.4) is 0 Å². The van der Waals surface area contributed by atoms with Gasteiger partial charge in [-0.1, -0.05) is 26.9 Å². The minimum absolute atomic E-state index is 0.519. The van der Waals surface area contributed by atoms with Crippen molar-refractivity contribution in [1.82, 2.24) is 16.0 Å². The summed E-state index contributed by atoms with van der Waals surface area (Å²) >= 11 is 0. The van der Waals surface area contributed by atoms with Crippen molar-refractivity contribution in [2.24, 2.45) is 5.73 Å². The summed E-state index contributed by atoms with van der Waals surface area (Å²) < 4.78 is 74.9. The summed E-state index contributed by atoms with van der Waals surface area (Å²) in [6.45, 7) is 0. The molecular formula is C3H6F6N4O. The van der Waals surface area contributed by atoms with Crippen LogP contribution in [0.1, 0.15) is 0 Å². The minimum atomic E-state index is -4.06. The van der Waals surface area contributed by atoms with E-state index in [4.69, 9.17) is 0 Å². The average molecular weight is 228 g/mol. The lowest BCUT2D eigenvalue weighted by Crippen LogP contribution is -2.67. The Morgan fingerprint density at radius 1 is 1.07 bits per heavy atom. The second-order valence-corrected chi connectivity index (χ2v) is 2.10. The molecule has 0 aliphatic rings. The number of nitrogens with zero attached hydrogens (tertiary/aromatic N) is 3. The second kappa shape index (κ2) is 4.75. The molecule has 0 aromatic carbocycles. The molecule has 1 atom stereocenters. The van der Waals surface area contributed by atoms with Gasteiger partial charge in [0.1, 0.15) is 0 Å². The van der Waals surface area contributed by atoms with Crippen LogP contribution in [0.2, 0.25) is 0 Å². The van der Waals surface area contributed by atoms with Gasteiger partial charge in [-0.15, -0.1) is 0 Å². The summed E-state index contributed by atoms with van der Waals surface area (Å²) in [7, 11) is 0.519. The highest BCUT2D eigenvalue weighted by atomic mass is 19.4. The van der Waals surface area contributed by atoms with E-state index in [-0.39, 0.29) is 0 Å². The van der Waals surface area contributed by atoms with Crippen LogP contribution in [-0.4, -0.2) is 35.2 Å². The van der Waals surface area contributed by atoms with E-state index in [1.165, 1.54) is 0 Å². The van der Waals surface area contributed by atoms with Crippen molar-refractivity contribution in [2.75, 3.05) is 7.11 Å². The molecule has 0 aliphatic heterocycles. The summed E-state index contributed by atoms with van der Waals surface area (Å²) in [5.41, 5.74) is 4.34. The Morgan fingerprint density at radius 2 is 1.43 bits per heavy atom. The molecule has 0 fully saturated rings. The summed E-state index contributed by atoms with van der Waals surface area (Å²) in [5, 5.41) is -6.57. The molecule has 0 aromatic heterocycles. The molecule has 2 N–H and O–H groups in total. The zero-order valence-corrected chi connectivity index (χ0v) is 6.67. The van der Waals surface area contributed by atoms with Gasteiger partial charge >= 0.3 is 0 Å². The molecule has 0 saturated carbocycles. The average Bonchev–Trinajstić information content (AvgIpc) is 2.03. The first-order chi connectivity index (χ1) is 6.28. The predicted molar refractivity (Wildman–Crippen MR) is 29.9 cm³/mol. The van der Waals surface area contributed by atoms with Crippen molar-refractivity contribution >= 4 is 0 Å². The van der Waals surface area contributed by atoms with Gasteiger partial charge in [0.25, 0.3) is 5.79 Å². The number of halogens is 6. The van der Waals surface area contributed by atoms with Gasteiger partial charge in [-0.25, -0.2) is 0 Å². The zero-order valence-electron chi connectivity index (χ0n) is 6.67. The molecule has 0 saturated heterocycles. The highest BCUT2D eigenvalue weighted by Gasteiger charge is 2.55. The standard InChI is InChI=1S/C3H6F6N4O/c1-14-2(11(4)5)3(10,12(6)7)13(8)9/h2H,10H2,1H3. The van der Waals surface area contributed by atoms with Crippen molar-refractivity contribution in [1.29, 1.82) is 0 Å². The lowest BCUT2D eigenvalue weighted by molar-refractivity contribution is -0.435. The molecule has 0 radical (unpaired) electrons. The van der Waals surface area contributed by atoms with E-state index in [0.29, 0.717) is 7.11 Å². The summed E-state index contributed by atoms with van der Waals surface area (Å²) in [5.74, 6) is -4.06. The number of hydrogen-bond donors (Lipinski definition) is 1. The molecule has 0 spiro atoms. The number of nitrogens with two attached hydrogens (primary N) is 1. The Kier molecular flexibility index (Phi) is 4.54. The van der Waals surface area contributed by atoms with Gasteiger partial charge in [-0.3, -0.25) is 5.73 Å². The molecule has 1 unspecified atom stereocenters. The summed E-state index contributed by atoms with van der Waals surface area (Å²) in [4.78, 5) is 0. The highest BCUT2D eigenvalue weighted by Crippen LogP contribution is 2.26. The third-order valence-corrected chi connectivity index (χ3v) is 1.31. The predicted octanol–water partition coefficient (Wildman–Crippen LogP) is 0.784. The fourth-order valence-electron chi connectivity index (χ4n) is 0.621. The Hall–Kier alpha value is -0.620. The molecule has 0 bridgehead atoms.